The molecule has 0 aliphatic rings. The second-order valence-electron chi connectivity index (χ2n) is 5.65. The number of nitrogens with one attached hydrogen (secondary N) is 1. The Kier molecular flexibility index (Phi) is 6.77. The Bertz CT molecular complexity index is 789. The zero-order valence-electron chi connectivity index (χ0n) is 15.1. The fraction of sp³-hybridized carbons (Fsp3) is 0.250. The van der Waals surface area contributed by atoms with Gasteiger partial charge in [-0.3, -0.25) is 4.79 Å². The van der Waals surface area contributed by atoms with E-state index in [1.165, 1.54) is 14.0 Å². The SMILES string of the molecule is COc1ccc(/C=C\c2cc(CO)c(CO)c(OC)c2)cc1NC(C)=O. The summed E-state index contributed by atoms with van der Waals surface area (Å²) < 4.78 is 10.5. The molecule has 0 fully saturated rings. The third-order valence-corrected chi connectivity index (χ3v) is 3.87. The number of ether oxygens (including phenoxy) is 2. The first-order valence-corrected chi connectivity index (χ1v) is 8.07. The molecule has 6 heteroatoms. The molecule has 138 valence electrons. The van der Waals surface area contributed by atoms with Gasteiger partial charge in [0, 0.05) is 12.5 Å². The van der Waals surface area contributed by atoms with Crippen molar-refractivity contribution in [1.29, 1.82) is 0 Å². The molecular weight excluding hydrogens is 334 g/mol. The number of carbonyl (C=O) groups is 1. The van der Waals surface area contributed by atoms with Crippen LogP contribution in [0.2, 0.25) is 0 Å². The smallest absolute Gasteiger partial charge is 0.221 e. The van der Waals surface area contributed by atoms with Crippen molar-refractivity contribution >= 4 is 23.7 Å². The second kappa shape index (κ2) is 9.03. The first-order chi connectivity index (χ1) is 12.5. The van der Waals surface area contributed by atoms with Crippen molar-refractivity contribution in [3.05, 3.63) is 52.6 Å². The molecule has 0 radical (unpaired) electrons. The van der Waals surface area contributed by atoms with Crippen LogP contribution in [0.5, 0.6) is 11.5 Å². The van der Waals surface area contributed by atoms with Crippen molar-refractivity contribution in [2.45, 2.75) is 20.1 Å². The molecule has 0 unspecified atom stereocenters. The van der Waals surface area contributed by atoms with Crippen LogP contribution in [0.3, 0.4) is 0 Å². The summed E-state index contributed by atoms with van der Waals surface area (Å²) >= 11 is 0. The third-order valence-electron chi connectivity index (χ3n) is 3.87. The zero-order valence-corrected chi connectivity index (χ0v) is 15.1. The molecule has 0 spiro atoms. The van der Waals surface area contributed by atoms with E-state index in [1.54, 1.807) is 25.3 Å². The molecule has 0 atom stereocenters. The molecule has 0 heterocycles. The van der Waals surface area contributed by atoms with E-state index in [0.717, 1.165) is 11.1 Å². The van der Waals surface area contributed by atoms with Crippen LogP contribution in [0.1, 0.15) is 29.2 Å². The van der Waals surface area contributed by atoms with E-state index >= 15 is 0 Å². The van der Waals surface area contributed by atoms with E-state index in [9.17, 15) is 15.0 Å². The minimum atomic E-state index is -0.207. The summed E-state index contributed by atoms with van der Waals surface area (Å²) in [6.07, 6.45) is 3.74. The van der Waals surface area contributed by atoms with Crippen LogP contribution in [0, 0.1) is 0 Å². The van der Waals surface area contributed by atoms with E-state index < -0.39 is 0 Å². The van der Waals surface area contributed by atoms with Gasteiger partial charge < -0.3 is 25.0 Å². The van der Waals surface area contributed by atoms with Gasteiger partial charge in [-0.15, -0.1) is 0 Å². The van der Waals surface area contributed by atoms with Crippen molar-refractivity contribution in [1.82, 2.24) is 0 Å². The molecule has 2 rings (SSSR count). The average molecular weight is 357 g/mol. The van der Waals surface area contributed by atoms with Gasteiger partial charge in [-0.2, -0.15) is 0 Å². The molecule has 0 aliphatic carbocycles. The molecule has 0 saturated carbocycles. The van der Waals surface area contributed by atoms with Crippen LogP contribution >= 0.6 is 0 Å². The molecular formula is C20H23NO5. The first kappa shape index (κ1) is 19.5. The van der Waals surface area contributed by atoms with Gasteiger partial charge >= 0.3 is 0 Å². The Morgan fingerprint density at radius 2 is 1.69 bits per heavy atom. The summed E-state index contributed by atoms with van der Waals surface area (Å²) in [5.41, 5.74) is 3.46. The predicted molar refractivity (Wildman–Crippen MR) is 101 cm³/mol. The summed E-state index contributed by atoms with van der Waals surface area (Å²) in [6, 6.07) is 9.04. The van der Waals surface area contributed by atoms with Gasteiger partial charge in [0.2, 0.25) is 5.91 Å². The first-order valence-electron chi connectivity index (χ1n) is 8.07. The van der Waals surface area contributed by atoms with Gasteiger partial charge in [-0.05, 0) is 41.0 Å². The average Bonchev–Trinajstić information content (AvgIpc) is 2.65. The van der Waals surface area contributed by atoms with Crippen LogP contribution < -0.4 is 14.8 Å². The third kappa shape index (κ3) is 4.62. The lowest BCUT2D eigenvalue weighted by molar-refractivity contribution is -0.114. The Hall–Kier alpha value is -2.83. The van der Waals surface area contributed by atoms with E-state index in [0.29, 0.717) is 28.3 Å². The Labute approximate surface area is 152 Å². The number of methoxy groups -OCH3 is 2. The molecule has 3 N–H and O–H groups in total. The monoisotopic (exact) mass is 357 g/mol. The van der Waals surface area contributed by atoms with E-state index in [1.807, 2.05) is 24.3 Å². The lowest BCUT2D eigenvalue weighted by Crippen LogP contribution is -2.07. The molecule has 6 nitrogen and oxygen atoms in total. The van der Waals surface area contributed by atoms with Gasteiger partial charge in [-0.1, -0.05) is 18.2 Å². The molecule has 0 bridgehead atoms. The number of aliphatic hydroxyl groups excluding tert-OH is 2. The minimum Gasteiger partial charge on any atom is -0.496 e. The quantitative estimate of drug-likeness (QED) is 0.663. The van der Waals surface area contributed by atoms with Crippen molar-refractivity contribution < 1.29 is 24.5 Å². The predicted octanol–water partition coefficient (Wildman–Crippen LogP) is 2.82. The number of carbonyl (C=O) groups excluding carboxylic acids is 1. The van der Waals surface area contributed by atoms with Gasteiger partial charge in [0.1, 0.15) is 11.5 Å². The van der Waals surface area contributed by atoms with Gasteiger partial charge in [0.15, 0.2) is 0 Å². The number of amides is 1. The fourth-order valence-corrected chi connectivity index (χ4v) is 2.63. The number of benzene rings is 2. The number of aliphatic hydroxyl groups is 2. The van der Waals surface area contributed by atoms with E-state index in [2.05, 4.69) is 5.32 Å². The van der Waals surface area contributed by atoms with Crippen LogP contribution in [0.4, 0.5) is 5.69 Å². The summed E-state index contributed by atoms with van der Waals surface area (Å²) in [7, 11) is 3.06. The highest BCUT2D eigenvalue weighted by Crippen LogP contribution is 2.28. The van der Waals surface area contributed by atoms with Crippen LogP contribution in [0.25, 0.3) is 12.2 Å². The van der Waals surface area contributed by atoms with Crippen molar-refractivity contribution in [2.75, 3.05) is 19.5 Å². The van der Waals surface area contributed by atoms with Crippen molar-refractivity contribution in [3.63, 3.8) is 0 Å². The van der Waals surface area contributed by atoms with Crippen LogP contribution in [-0.4, -0.2) is 30.3 Å². The maximum Gasteiger partial charge on any atom is 0.221 e. The van der Waals surface area contributed by atoms with Crippen LogP contribution in [0.15, 0.2) is 30.3 Å². The second-order valence-corrected chi connectivity index (χ2v) is 5.65. The summed E-state index contributed by atoms with van der Waals surface area (Å²) in [4.78, 5) is 11.3. The molecule has 2 aromatic rings. The van der Waals surface area contributed by atoms with Gasteiger partial charge in [0.25, 0.3) is 0 Å². The Morgan fingerprint density at radius 1 is 1.00 bits per heavy atom. The van der Waals surface area contributed by atoms with Crippen LogP contribution in [-0.2, 0) is 18.0 Å². The molecule has 0 saturated heterocycles. The molecule has 26 heavy (non-hydrogen) atoms. The Morgan fingerprint density at radius 3 is 2.27 bits per heavy atom. The molecule has 0 aromatic heterocycles. The lowest BCUT2D eigenvalue weighted by Gasteiger charge is -2.12. The highest BCUT2D eigenvalue weighted by atomic mass is 16.5. The summed E-state index contributed by atoms with van der Waals surface area (Å²) in [5.74, 6) is 0.919. The zero-order chi connectivity index (χ0) is 19.1. The van der Waals surface area contributed by atoms with Gasteiger partial charge in [-0.25, -0.2) is 0 Å². The molecule has 0 aliphatic heterocycles. The number of rotatable bonds is 7. The number of hydrogen-bond acceptors (Lipinski definition) is 5. The largest absolute Gasteiger partial charge is 0.496 e. The normalized spacial score (nSPS) is 10.8. The maximum atomic E-state index is 11.3. The van der Waals surface area contributed by atoms with E-state index in [4.69, 9.17) is 9.47 Å². The minimum absolute atomic E-state index is 0.179. The standard InChI is InChI=1S/C20H23NO5/c1-13(24)21-18-9-14(6-7-19(18)25-2)4-5-15-8-16(11-22)17(12-23)20(10-15)26-3/h4-10,22-23H,11-12H2,1-3H3,(H,21,24)/b5-4-. The molecule has 2 aromatic carbocycles. The topological polar surface area (TPSA) is 88.0 Å². The summed E-state index contributed by atoms with van der Waals surface area (Å²) in [6.45, 7) is 1.04. The number of hydrogen-bond donors (Lipinski definition) is 3. The highest BCUT2D eigenvalue weighted by Gasteiger charge is 2.10. The summed E-state index contributed by atoms with van der Waals surface area (Å²) in [5, 5.41) is 21.7. The Balaban J connectivity index is 2.36. The maximum absolute atomic E-state index is 11.3. The van der Waals surface area contributed by atoms with Crippen molar-refractivity contribution in [2.24, 2.45) is 0 Å². The fourth-order valence-electron chi connectivity index (χ4n) is 2.63. The lowest BCUT2D eigenvalue weighted by atomic mass is 10.0. The van der Waals surface area contributed by atoms with E-state index in [-0.39, 0.29) is 19.1 Å². The number of anilines is 1. The van der Waals surface area contributed by atoms with Crippen molar-refractivity contribution in [3.8, 4) is 11.5 Å². The molecule has 1 amide bonds. The highest BCUT2D eigenvalue weighted by molar-refractivity contribution is 5.91. The van der Waals surface area contributed by atoms with Gasteiger partial charge in [0.05, 0.1) is 33.1 Å².